The number of rotatable bonds is 10. The van der Waals surface area contributed by atoms with Gasteiger partial charge < -0.3 is 25.2 Å². The Labute approximate surface area is 162 Å². The summed E-state index contributed by atoms with van der Waals surface area (Å²) in [6.45, 7) is 7.32. The van der Waals surface area contributed by atoms with Crippen molar-refractivity contribution in [1.82, 2.24) is 10.6 Å². The van der Waals surface area contributed by atoms with Crippen molar-refractivity contribution in [3.05, 3.63) is 29.8 Å². The standard InChI is InChI=1S/C17H29N3O3.HI/c1-4-18-17(19-11-6-12-23-5-2)20-13-16(21)14-7-9-15(22-3)10-8-14;/h7-10,16,21H,4-6,11-13H2,1-3H3,(H2,18,19,20);1H. The van der Waals surface area contributed by atoms with Gasteiger partial charge in [0.2, 0.25) is 0 Å². The minimum absolute atomic E-state index is 0. The minimum atomic E-state index is -0.639. The molecule has 24 heavy (non-hydrogen) atoms. The number of halogens is 1. The molecule has 0 heterocycles. The maximum Gasteiger partial charge on any atom is 0.191 e. The van der Waals surface area contributed by atoms with Crippen molar-refractivity contribution in [2.45, 2.75) is 26.4 Å². The molecule has 0 bridgehead atoms. The van der Waals surface area contributed by atoms with Crippen LogP contribution in [0.2, 0.25) is 0 Å². The average Bonchev–Trinajstić information content (AvgIpc) is 2.59. The zero-order chi connectivity index (χ0) is 16.9. The van der Waals surface area contributed by atoms with Crippen LogP contribution in [-0.4, -0.2) is 51.0 Å². The van der Waals surface area contributed by atoms with Crippen LogP contribution in [0, 0.1) is 0 Å². The Bertz CT molecular complexity index is 455. The molecule has 0 saturated heterocycles. The van der Waals surface area contributed by atoms with Crippen molar-refractivity contribution in [2.24, 2.45) is 4.99 Å². The van der Waals surface area contributed by atoms with Gasteiger partial charge in [-0.1, -0.05) is 12.1 Å². The van der Waals surface area contributed by atoms with Crippen LogP contribution in [0.15, 0.2) is 29.3 Å². The third kappa shape index (κ3) is 9.29. The van der Waals surface area contributed by atoms with Crippen molar-refractivity contribution in [3.63, 3.8) is 0 Å². The summed E-state index contributed by atoms with van der Waals surface area (Å²) < 4.78 is 10.4. The van der Waals surface area contributed by atoms with Gasteiger partial charge in [-0.2, -0.15) is 0 Å². The molecule has 6 nitrogen and oxygen atoms in total. The number of guanidine groups is 1. The normalized spacial score (nSPS) is 12.2. The molecule has 7 heteroatoms. The van der Waals surface area contributed by atoms with Crippen molar-refractivity contribution >= 4 is 29.9 Å². The molecular formula is C17H30IN3O3. The number of hydrogen-bond donors (Lipinski definition) is 3. The molecule has 0 spiro atoms. The van der Waals surface area contributed by atoms with Crippen LogP contribution in [0.3, 0.4) is 0 Å². The van der Waals surface area contributed by atoms with E-state index in [0.717, 1.165) is 44.0 Å². The van der Waals surface area contributed by atoms with Crippen LogP contribution in [0.25, 0.3) is 0 Å². The molecule has 0 aliphatic heterocycles. The molecule has 0 aliphatic rings. The highest BCUT2D eigenvalue weighted by Crippen LogP contribution is 2.17. The summed E-state index contributed by atoms with van der Waals surface area (Å²) in [5.41, 5.74) is 0.821. The van der Waals surface area contributed by atoms with E-state index in [2.05, 4.69) is 15.6 Å². The average molecular weight is 451 g/mol. The van der Waals surface area contributed by atoms with E-state index in [9.17, 15) is 5.11 Å². The Hall–Kier alpha value is -1.06. The van der Waals surface area contributed by atoms with Gasteiger partial charge in [0.1, 0.15) is 5.75 Å². The fraction of sp³-hybridized carbons (Fsp3) is 0.588. The number of nitrogens with zero attached hydrogens (tertiary/aromatic N) is 1. The number of benzene rings is 1. The van der Waals surface area contributed by atoms with Gasteiger partial charge in [0, 0.05) is 26.3 Å². The molecule has 3 N–H and O–H groups in total. The van der Waals surface area contributed by atoms with Crippen LogP contribution >= 0.6 is 24.0 Å². The Morgan fingerprint density at radius 2 is 1.92 bits per heavy atom. The van der Waals surface area contributed by atoms with Crippen LogP contribution in [0.1, 0.15) is 31.9 Å². The number of aliphatic imine (C=N–C) groups is 1. The van der Waals surface area contributed by atoms with Gasteiger partial charge >= 0.3 is 0 Å². The van der Waals surface area contributed by atoms with Gasteiger partial charge in [0.05, 0.1) is 19.8 Å². The third-order valence-corrected chi connectivity index (χ3v) is 3.23. The summed E-state index contributed by atoms with van der Waals surface area (Å²) in [6, 6.07) is 7.36. The van der Waals surface area contributed by atoms with Crippen molar-refractivity contribution in [3.8, 4) is 5.75 Å². The van der Waals surface area contributed by atoms with E-state index in [4.69, 9.17) is 9.47 Å². The van der Waals surface area contributed by atoms with E-state index in [1.54, 1.807) is 7.11 Å². The maximum atomic E-state index is 10.2. The highest BCUT2D eigenvalue weighted by molar-refractivity contribution is 14.0. The van der Waals surface area contributed by atoms with Gasteiger partial charge in [0.25, 0.3) is 0 Å². The van der Waals surface area contributed by atoms with Crippen LogP contribution in [0.4, 0.5) is 0 Å². The lowest BCUT2D eigenvalue weighted by molar-refractivity contribution is 0.145. The quantitative estimate of drug-likeness (QED) is 0.220. The van der Waals surface area contributed by atoms with Crippen molar-refractivity contribution in [2.75, 3.05) is 40.0 Å². The summed E-state index contributed by atoms with van der Waals surface area (Å²) >= 11 is 0. The van der Waals surface area contributed by atoms with E-state index < -0.39 is 6.10 Å². The fourth-order valence-corrected chi connectivity index (χ4v) is 1.98. The Morgan fingerprint density at radius 3 is 2.50 bits per heavy atom. The molecule has 0 saturated carbocycles. The molecule has 0 aliphatic carbocycles. The van der Waals surface area contributed by atoms with Gasteiger partial charge in [-0.3, -0.25) is 4.99 Å². The van der Waals surface area contributed by atoms with E-state index in [1.165, 1.54) is 0 Å². The second-order valence-corrected chi connectivity index (χ2v) is 4.99. The molecule has 1 unspecified atom stereocenters. The maximum absolute atomic E-state index is 10.2. The molecule has 1 atom stereocenters. The van der Waals surface area contributed by atoms with Crippen LogP contribution in [-0.2, 0) is 4.74 Å². The molecule has 1 aromatic rings. The van der Waals surface area contributed by atoms with Crippen molar-refractivity contribution < 1.29 is 14.6 Å². The van der Waals surface area contributed by atoms with Gasteiger partial charge in [-0.25, -0.2) is 0 Å². The number of hydrogen-bond acceptors (Lipinski definition) is 4. The predicted octanol–water partition coefficient (Wildman–Crippen LogP) is 2.33. The summed E-state index contributed by atoms with van der Waals surface area (Å²) in [6.07, 6.45) is 0.277. The number of aliphatic hydroxyl groups excluding tert-OH is 1. The van der Waals surface area contributed by atoms with Gasteiger partial charge in [0.15, 0.2) is 5.96 Å². The third-order valence-electron chi connectivity index (χ3n) is 3.23. The number of methoxy groups -OCH3 is 1. The minimum Gasteiger partial charge on any atom is -0.497 e. The number of ether oxygens (including phenoxy) is 2. The van der Waals surface area contributed by atoms with E-state index in [-0.39, 0.29) is 24.0 Å². The second kappa shape index (κ2) is 14.3. The summed E-state index contributed by atoms with van der Waals surface area (Å²) in [5.74, 6) is 1.48. The number of nitrogens with one attached hydrogen (secondary N) is 2. The first kappa shape index (κ1) is 22.9. The highest BCUT2D eigenvalue weighted by Gasteiger charge is 2.07. The van der Waals surface area contributed by atoms with Gasteiger partial charge in [-0.15, -0.1) is 24.0 Å². The summed E-state index contributed by atoms with van der Waals surface area (Å²) in [4.78, 5) is 4.42. The summed E-state index contributed by atoms with van der Waals surface area (Å²) in [7, 11) is 1.62. The van der Waals surface area contributed by atoms with E-state index >= 15 is 0 Å². The SMILES string of the molecule is CCNC(=NCC(O)c1ccc(OC)cc1)NCCCOCC.I. The topological polar surface area (TPSA) is 75.1 Å². The van der Waals surface area contributed by atoms with Crippen molar-refractivity contribution in [1.29, 1.82) is 0 Å². The largest absolute Gasteiger partial charge is 0.497 e. The molecule has 1 aromatic carbocycles. The zero-order valence-electron chi connectivity index (χ0n) is 14.7. The van der Waals surface area contributed by atoms with Gasteiger partial charge in [-0.05, 0) is 38.0 Å². The number of aliphatic hydroxyl groups is 1. The molecule has 0 amide bonds. The monoisotopic (exact) mass is 451 g/mol. The molecule has 0 radical (unpaired) electrons. The molecule has 0 fully saturated rings. The van der Waals surface area contributed by atoms with E-state index in [1.807, 2.05) is 38.1 Å². The van der Waals surface area contributed by atoms with Crippen LogP contribution in [0.5, 0.6) is 5.75 Å². The molecule has 0 aromatic heterocycles. The Morgan fingerprint density at radius 1 is 1.21 bits per heavy atom. The first-order valence-electron chi connectivity index (χ1n) is 8.13. The Kier molecular flexibility index (Phi) is 13.7. The van der Waals surface area contributed by atoms with Crippen LogP contribution < -0.4 is 15.4 Å². The first-order valence-corrected chi connectivity index (χ1v) is 8.13. The lowest BCUT2D eigenvalue weighted by atomic mass is 10.1. The first-order chi connectivity index (χ1) is 11.2. The predicted molar refractivity (Wildman–Crippen MR) is 108 cm³/mol. The lowest BCUT2D eigenvalue weighted by Crippen LogP contribution is -2.38. The molecule has 138 valence electrons. The second-order valence-electron chi connectivity index (χ2n) is 4.99. The molecule has 1 rings (SSSR count). The molecular weight excluding hydrogens is 421 g/mol. The highest BCUT2D eigenvalue weighted by atomic mass is 127. The lowest BCUT2D eigenvalue weighted by Gasteiger charge is -2.13. The smallest absolute Gasteiger partial charge is 0.191 e. The zero-order valence-corrected chi connectivity index (χ0v) is 17.1. The fourth-order valence-electron chi connectivity index (χ4n) is 1.98. The van der Waals surface area contributed by atoms with E-state index in [0.29, 0.717) is 12.5 Å². The Balaban J connectivity index is 0.00000529. The summed E-state index contributed by atoms with van der Waals surface area (Å²) in [5, 5.41) is 16.6.